The first-order chi connectivity index (χ1) is 4.81. The Hall–Kier alpha value is -1.59. The molecule has 10 heavy (non-hydrogen) atoms. The highest BCUT2D eigenvalue weighted by Crippen LogP contribution is 1.73. The molecule has 0 aromatic carbocycles. The van der Waals surface area contributed by atoms with E-state index < -0.39 is 6.09 Å². The summed E-state index contributed by atoms with van der Waals surface area (Å²) < 4.78 is 0. The molecule has 0 unspecified atom stereocenters. The molecule has 0 aromatic heterocycles. The van der Waals surface area contributed by atoms with Crippen LogP contribution in [0.15, 0.2) is 10.3 Å². The summed E-state index contributed by atoms with van der Waals surface area (Å²) >= 11 is 0. The molecule has 0 aliphatic heterocycles. The van der Waals surface area contributed by atoms with Crippen molar-refractivity contribution in [2.24, 2.45) is 10.3 Å². The van der Waals surface area contributed by atoms with Crippen molar-refractivity contribution in [1.29, 1.82) is 0 Å². The van der Waals surface area contributed by atoms with Gasteiger partial charge in [0.05, 0.1) is 12.4 Å². The number of nitrogens with zero attached hydrogens (tertiary/aromatic N) is 2. The smallest absolute Gasteiger partial charge is 0.411 e. The van der Waals surface area contributed by atoms with Gasteiger partial charge in [0.15, 0.2) is 0 Å². The summed E-state index contributed by atoms with van der Waals surface area (Å²) in [6.45, 7) is 0. The first-order valence-corrected chi connectivity index (χ1v) is 2.39. The third-order valence-corrected chi connectivity index (χ3v) is 0.534. The van der Waals surface area contributed by atoms with Crippen LogP contribution in [-0.4, -0.2) is 30.8 Å². The van der Waals surface area contributed by atoms with Gasteiger partial charge in [-0.1, -0.05) is 10.3 Å². The Bertz CT molecular complexity index is 154. The maximum Gasteiger partial charge on any atom is 0.433 e. The molecule has 6 heteroatoms. The van der Waals surface area contributed by atoms with Crippen molar-refractivity contribution in [3.8, 4) is 0 Å². The number of amides is 1. The Morgan fingerprint density at radius 2 is 2.40 bits per heavy atom. The van der Waals surface area contributed by atoms with Crippen LogP contribution in [0.5, 0.6) is 0 Å². The molecule has 0 rings (SSSR count). The molecular weight excluding hydrogens is 138 g/mol. The minimum atomic E-state index is -0.678. The summed E-state index contributed by atoms with van der Waals surface area (Å²) in [5.74, 6) is 0. The van der Waals surface area contributed by atoms with E-state index in [0.717, 1.165) is 12.4 Å². The summed E-state index contributed by atoms with van der Waals surface area (Å²) in [5.41, 5.74) is 0. The van der Waals surface area contributed by atoms with E-state index in [4.69, 9.17) is 5.21 Å². The van der Waals surface area contributed by atoms with Crippen molar-refractivity contribution in [2.75, 3.05) is 7.05 Å². The van der Waals surface area contributed by atoms with Gasteiger partial charge in [0.1, 0.15) is 0 Å². The lowest BCUT2D eigenvalue weighted by atomic mass is 10.8. The topological polar surface area (TPSA) is 83.3 Å². The molecule has 0 bridgehead atoms. The summed E-state index contributed by atoms with van der Waals surface area (Å²) in [5, 5.41) is 15.6. The monoisotopic (exact) mass is 145 g/mol. The van der Waals surface area contributed by atoms with Crippen molar-refractivity contribution in [3.05, 3.63) is 0 Å². The summed E-state index contributed by atoms with van der Waals surface area (Å²) in [4.78, 5) is 14.3. The normalized spacial score (nSPS) is 10.5. The Morgan fingerprint density at radius 3 is 2.90 bits per heavy atom. The molecule has 0 aliphatic rings. The fraction of sp³-hybridized carbons (Fsp3) is 0.250. The summed E-state index contributed by atoms with van der Waals surface area (Å²) in [6.07, 6.45) is 1.31. The van der Waals surface area contributed by atoms with Gasteiger partial charge in [-0.15, -0.1) is 0 Å². The molecule has 6 nitrogen and oxygen atoms in total. The molecule has 0 fully saturated rings. The minimum Gasteiger partial charge on any atom is -0.411 e. The largest absolute Gasteiger partial charge is 0.433 e. The highest BCUT2D eigenvalue weighted by Gasteiger charge is 1.91. The molecule has 56 valence electrons. The second-order valence-corrected chi connectivity index (χ2v) is 1.15. The average molecular weight is 145 g/mol. The van der Waals surface area contributed by atoms with E-state index in [2.05, 4.69) is 20.5 Å². The maximum absolute atomic E-state index is 10.2. The number of nitrogens with one attached hydrogen (secondary N) is 1. The van der Waals surface area contributed by atoms with E-state index in [0.29, 0.717) is 0 Å². The fourth-order valence-electron chi connectivity index (χ4n) is 0.181. The molecule has 0 atom stereocenters. The molecule has 0 aliphatic carbocycles. The number of carbonyl (C=O) groups excluding carboxylic acids is 1. The first kappa shape index (κ1) is 8.41. The highest BCUT2D eigenvalue weighted by atomic mass is 16.7. The first-order valence-electron chi connectivity index (χ1n) is 2.39. The van der Waals surface area contributed by atoms with Crippen LogP contribution in [0.1, 0.15) is 0 Å². The van der Waals surface area contributed by atoms with E-state index in [1.807, 2.05) is 0 Å². The van der Waals surface area contributed by atoms with Gasteiger partial charge in [-0.2, -0.15) is 0 Å². The van der Waals surface area contributed by atoms with Crippen molar-refractivity contribution >= 4 is 18.5 Å². The zero-order valence-corrected chi connectivity index (χ0v) is 5.31. The molecule has 0 heterocycles. The quantitative estimate of drug-likeness (QED) is 0.244. The Kier molecular flexibility index (Phi) is 4.66. The standard InChI is InChI=1S/C4H7N3O3/c1-5-4(8)10-7-3-2-6-9/h2-3,9H,1H3,(H,5,8)/b6-2+,7-3+. The lowest BCUT2D eigenvalue weighted by Crippen LogP contribution is -2.16. The molecule has 0 spiro atoms. The van der Waals surface area contributed by atoms with Crippen LogP contribution in [-0.2, 0) is 4.84 Å². The Labute approximate surface area is 57.2 Å². The SMILES string of the molecule is CNC(=O)O/N=C/C=N/O. The van der Waals surface area contributed by atoms with E-state index in [1.54, 1.807) is 0 Å². The molecule has 0 aromatic rings. The van der Waals surface area contributed by atoms with Gasteiger partial charge in [0, 0.05) is 7.05 Å². The minimum absolute atomic E-state index is 0.678. The van der Waals surface area contributed by atoms with Crippen LogP contribution in [0, 0.1) is 0 Å². The predicted molar refractivity (Wildman–Crippen MR) is 34.3 cm³/mol. The molecular formula is C4H7N3O3. The van der Waals surface area contributed by atoms with Gasteiger partial charge in [-0.3, -0.25) is 4.84 Å². The third-order valence-electron chi connectivity index (χ3n) is 0.534. The number of rotatable bonds is 2. The van der Waals surface area contributed by atoms with Crippen LogP contribution < -0.4 is 5.32 Å². The molecule has 1 amide bonds. The third kappa shape index (κ3) is 4.57. The Morgan fingerprint density at radius 1 is 1.70 bits per heavy atom. The number of oxime groups is 2. The van der Waals surface area contributed by atoms with Crippen molar-refractivity contribution in [2.45, 2.75) is 0 Å². The number of hydrogen-bond donors (Lipinski definition) is 2. The average Bonchev–Trinajstić information content (AvgIpc) is 1.98. The zero-order valence-electron chi connectivity index (χ0n) is 5.31. The van der Waals surface area contributed by atoms with Crippen LogP contribution >= 0.6 is 0 Å². The van der Waals surface area contributed by atoms with Gasteiger partial charge in [0.2, 0.25) is 0 Å². The van der Waals surface area contributed by atoms with E-state index in [1.165, 1.54) is 7.05 Å². The lowest BCUT2D eigenvalue weighted by molar-refractivity contribution is 0.154. The molecule has 0 saturated heterocycles. The molecule has 2 N–H and O–H groups in total. The molecule has 0 radical (unpaired) electrons. The van der Waals surface area contributed by atoms with Gasteiger partial charge in [0.25, 0.3) is 0 Å². The van der Waals surface area contributed by atoms with Gasteiger partial charge in [-0.05, 0) is 0 Å². The highest BCUT2D eigenvalue weighted by molar-refractivity contribution is 6.15. The van der Waals surface area contributed by atoms with Crippen molar-refractivity contribution in [1.82, 2.24) is 5.32 Å². The van der Waals surface area contributed by atoms with Crippen molar-refractivity contribution < 1.29 is 14.8 Å². The second-order valence-electron chi connectivity index (χ2n) is 1.15. The van der Waals surface area contributed by atoms with E-state index in [9.17, 15) is 4.79 Å². The summed E-state index contributed by atoms with van der Waals surface area (Å²) in [6, 6.07) is 0. The molecule has 0 saturated carbocycles. The van der Waals surface area contributed by atoms with E-state index in [-0.39, 0.29) is 0 Å². The van der Waals surface area contributed by atoms with Crippen molar-refractivity contribution in [3.63, 3.8) is 0 Å². The van der Waals surface area contributed by atoms with Crippen LogP contribution in [0.3, 0.4) is 0 Å². The summed E-state index contributed by atoms with van der Waals surface area (Å²) in [7, 11) is 1.40. The lowest BCUT2D eigenvalue weighted by Gasteiger charge is -1.90. The predicted octanol–water partition coefficient (Wildman–Crippen LogP) is -0.212. The number of hydrogen-bond acceptors (Lipinski definition) is 5. The van der Waals surface area contributed by atoms with Crippen LogP contribution in [0.2, 0.25) is 0 Å². The fourth-order valence-corrected chi connectivity index (χ4v) is 0.181. The van der Waals surface area contributed by atoms with Crippen LogP contribution in [0.4, 0.5) is 4.79 Å². The van der Waals surface area contributed by atoms with Gasteiger partial charge < -0.3 is 10.5 Å². The maximum atomic E-state index is 10.2. The van der Waals surface area contributed by atoms with Gasteiger partial charge in [-0.25, -0.2) is 4.79 Å². The number of carbonyl (C=O) groups is 1. The van der Waals surface area contributed by atoms with Gasteiger partial charge >= 0.3 is 6.09 Å². The van der Waals surface area contributed by atoms with E-state index >= 15 is 0 Å². The zero-order chi connectivity index (χ0) is 7.82. The second kappa shape index (κ2) is 5.54. The van der Waals surface area contributed by atoms with Crippen LogP contribution in [0.25, 0.3) is 0 Å². The Balaban J connectivity index is 3.43.